The van der Waals surface area contributed by atoms with Gasteiger partial charge in [-0.3, -0.25) is 0 Å². The summed E-state index contributed by atoms with van der Waals surface area (Å²) in [6.07, 6.45) is 3.12. The van der Waals surface area contributed by atoms with Gasteiger partial charge >= 0.3 is 0 Å². The van der Waals surface area contributed by atoms with Gasteiger partial charge in [-0.05, 0) is 65.5 Å². The Bertz CT molecular complexity index is 881. The SMILES string of the molecule is CCc1ccc(Cc2cc3c(cc2Cl)C(CCO)C[C@@]32CC(O)CC(CO)O2)cc1. The summed E-state index contributed by atoms with van der Waals surface area (Å²) in [7, 11) is 0. The lowest BCUT2D eigenvalue weighted by atomic mass is 9.83. The average molecular weight is 431 g/mol. The normalized spacial score (nSPS) is 28.1. The van der Waals surface area contributed by atoms with Gasteiger partial charge in [0.2, 0.25) is 0 Å². The largest absolute Gasteiger partial charge is 0.396 e. The third-order valence-electron chi connectivity index (χ3n) is 6.72. The van der Waals surface area contributed by atoms with Gasteiger partial charge in [0.1, 0.15) is 0 Å². The van der Waals surface area contributed by atoms with E-state index in [1.54, 1.807) is 0 Å². The number of hydrogen-bond donors (Lipinski definition) is 3. The second-order valence-corrected chi connectivity index (χ2v) is 9.21. The molecule has 0 radical (unpaired) electrons. The molecule has 4 nitrogen and oxygen atoms in total. The molecule has 5 heteroatoms. The van der Waals surface area contributed by atoms with Crippen LogP contribution in [-0.4, -0.2) is 40.7 Å². The molecule has 1 spiro atoms. The van der Waals surface area contributed by atoms with Crippen LogP contribution in [0.5, 0.6) is 0 Å². The molecule has 3 N–H and O–H groups in total. The van der Waals surface area contributed by atoms with Crippen molar-refractivity contribution < 1.29 is 20.1 Å². The Hall–Kier alpha value is -1.43. The number of ether oxygens (including phenoxy) is 1. The van der Waals surface area contributed by atoms with Crippen LogP contribution in [0.3, 0.4) is 0 Å². The summed E-state index contributed by atoms with van der Waals surface area (Å²) in [5.74, 6) is 0.130. The first kappa shape index (κ1) is 21.8. The molecule has 4 rings (SSSR count). The van der Waals surface area contributed by atoms with Gasteiger partial charge in [-0.25, -0.2) is 0 Å². The van der Waals surface area contributed by atoms with Gasteiger partial charge in [0.25, 0.3) is 0 Å². The lowest BCUT2D eigenvalue weighted by Gasteiger charge is -2.41. The number of aryl methyl sites for hydroxylation is 1. The summed E-state index contributed by atoms with van der Waals surface area (Å²) in [5.41, 5.74) is 5.07. The van der Waals surface area contributed by atoms with Gasteiger partial charge in [-0.2, -0.15) is 0 Å². The van der Waals surface area contributed by atoms with Gasteiger partial charge in [0.05, 0.1) is 24.4 Å². The molecule has 4 atom stereocenters. The molecule has 3 unspecified atom stereocenters. The second-order valence-electron chi connectivity index (χ2n) is 8.80. The summed E-state index contributed by atoms with van der Waals surface area (Å²) in [4.78, 5) is 0. The van der Waals surface area contributed by atoms with Crippen LogP contribution in [0, 0.1) is 0 Å². The molecule has 162 valence electrons. The van der Waals surface area contributed by atoms with Crippen molar-refractivity contribution in [2.24, 2.45) is 0 Å². The average Bonchev–Trinajstić information content (AvgIpc) is 3.00. The van der Waals surface area contributed by atoms with Crippen molar-refractivity contribution in [3.8, 4) is 0 Å². The molecule has 0 bridgehead atoms. The van der Waals surface area contributed by atoms with E-state index in [0.717, 1.165) is 34.6 Å². The summed E-state index contributed by atoms with van der Waals surface area (Å²) in [5, 5.41) is 30.5. The number of aliphatic hydroxyl groups excluding tert-OH is 3. The Labute approximate surface area is 183 Å². The smallest absolute Gasteiger partial charge is 0.0969 e. The van der Waals surface area contributed by atoms with Gasteiger partial charge in [0.15, 0.2) is 0 Å². The van der Waals surface area contributed by atoms with Crippen molar-refractivity contribution in [3.63, 3.8) is 0 Å². The number of aliphatic hydroxyl groups is 3. The van der Waals surface area contributed by atoms with Crippen molar-refractivity contribution >= 4 is 11.6 Å². The summed E-state index contributed by atoms with van der Waals surface area (Å²) < 4.78 is 6.40. The highest BCUT2D eigenvalue weighted by molar-refractivity contribution is 6.31. The summed E-state index contributed by atoms with van der Waals surface area (Å²) in [6.45, 7) is 2.13. The first-order valence-corrected chi connectivity index (χ1v) is 11.3. The van der Waals surface area contributed by atoms with E-state index in [-0.39, 0.29) is 25.2 Å². The summed E-state index contributed by atoms with van der Waals surface area (Å²) >= 11 is 6.70. The minimum Gasteiger partial charge on any atom is -0.396 e. The maximum atomic E-state index is 10.5. The van der Waals surface area contributed by atoms with E-state index in [0.29, 0.717) is 25.7 Å². The highest BCUT2D eigenvalue weighted by atomic mass is 35.5. The Morgan fingerprint density at radius 1 is 1.10 bits per heavy atom. The molecule has 2 aliphatic rings. The van der Waals surface area contributed by atoms with Crippen LogP contribution in [-0.2, 0) is 23.2 Å². The zero-order chi connectivity index (χ0) is 21.3. The Morgan fingerprint density at radius 3 is 2.50 bits per heavy atom. The lowest BCUT2D eigenvalue weighted by Crippen LogP contribution is -2.44. The molecule has 0 aromatic heterocycles. The molecular weight excluding hydrogens is 400 g/mol. The fourth-order valence-corrected chi connectivity index (χ4v) is 5.48. The summed E-state index contributed by atoms with van der Waals surface area (Å²) in [6, 6.07) is 12.8. The predicted octanol–water partition coefficient (Wildman–Crippen LogP) is 4.09. The number of hydrogen-bond acceptors (Lipinski definition) is 4. The van der Waals surface area contributed by atoms with Crippen LogP contribution in [0.2, 0.25) is 5.02 Å². The molecular formula is C25H31ClO4. The highest BCUT2D eigenvalue weighted by Crippen LogP contribution is 2.54. The van der Waals surface area contributed by atoms with E-state index in [9.17, 15) is 15.3 Å². The fourth-order valence-electron chi connectivity index (χ4n) is 5.24. The molecule has 1 aliphatic carbocycles. The molecule has 2 aromatic carbocycles. The van der Waals surface area contributed by atoms with E-state index < -0.39 is 11.7 Å². The number of rotatable bonds is 6. The molecule has 1 fully saturated rings. The van der Waals surface area contributed by atoms with Crippen molar-refractivity contribution in [2.45, 2.75) is 69.2 Å². The van der Waals surface area contributed by atoms with Crippen LogP contribution >= 0.6 is 11.6 Å². The molecule has 1 saturated heterocycles. The molecule has 0 saturated carbocycles. The zero-order valence-corrected chi connectivity index (χ0v) is 18.2. The molecule has 0 amide bonds. The topological polar surface area (TPSA) is 69.9 Å². The van der Waals surface area contributed by atoms with Gasteiger partial charge < -0.3 is 20.1 Å². The van der Waals surface area contributed by atoms with Crippen LogP contribution in [0.4, 0.5) is 0 Å². The van der Waals surface area contributed by atoms with E-state index in [4.69, 9.17) is 16.3 Å². The van der Waals surface area contributed by atoms with Gasteiger partial charge in [-0.1, -0.05) is 48.9 Å². The number of fused-ring (bicyclic) bond motifs is 2. The van der Waals surface area contributed by atoms with E-state index in [2.05, 4.69) is 37.3 Å². The molecule has 30 heavy (non-hydrogen) atoms. The fraction of sp³-hybridized carbons (Fsp3) is 0.520. The maximum absolute atomic E-state index is 10.5. The third-order valence-corrected chi connectivity index (χ3v) is 7.08. The van der Waals surface area contributed by atoms with E-state index in [1.807, 2.05) is 6.07 Å². The quantitative estimate of drug-likeness (QED) is 0.645. The van der Waals surface area contributed by atoms with Crippen molar-refractivity contribution in [3.05, 3.63) is 69.2 Å². The maximum Gasteiger partial charge on any atom is 0.0969 e. The third kappa shape index (κ3) is 4.17. The highest BCUT2D eigenvalue weighted by Gasteiger charge is 2.50. The van der Waals surface area contributed by atoms with E-state index >= 15 is 0 Å². The van der Waals surface area contributed by atoms with Crippen molar-refractivity contribution in [2.75, 3.05) is 13.2 Å². The minimum atomic E-state index is -0.633. The first-order chi connectivity index (χ1) is 14.5. The van der Waals surface area contributed by atoms with Crippen LogP contribution < -0.4 is 0 Å². The lowest BCUT2D eigenvalue weighted by molar-refractivity contribution is -0.179. The predicted molar refractivity (Wildman–Crippen MR) is 118 cm³/mol. The van der Waals surface area contributed by atoms with Crippen LogP contribution in [0.1, 0.15) is 66.3 Å². The van der Waals surface area contributed by atoms with Crippen LogP contribution in [0.25, 0.3) is 0 Å². The first-order valence-electron chi connectivity index (χ1n) is 11.0. The minimum absolute atomic E-state index is 0.0926. The Kier molecular flexibility index (Phi) is 6.52. The van der Waals surface area contributed by atoms with E-state index in [1.165, 1.54) is 11.1 Å². The Balaban J connectivity index is 1.72. The standard InChI is InChI=1S/C25H31ClO4/c1-2-16-3-5-17(6-4-16)9-19-10-23-22(12-24(19)26)18(7-8-27)13-25(23)14-20(29)11-21(15-28)30-25/h3-6,10,12,18,20-21,27-29H,2,7-9,11,13-15H2,1H3/t18?,20?,21?,25-/m1/s1. The number of benzene rings is 2. The van der Waals surface area contributed by atoms with Gasteiger partial charge in [-0.15, -0.1) is 0 Å². The van der Waals surface area contributed by atoms with Crippen molar-refractivity contribution in [1.82, 2.24) is 0 Å². The zero-order valence-electron chi connectivity index (χ0n) is 17.5. The molecule has 2 aromatic rings. The molecule has 1 aliphatic heterocycles. The Morgan fingerprint density at radius 2 is 1.83 bits per heavy atom. The number of halogens is 1. The molecule has 1 heterocycles. The monoisotopic (exact) mass is 430 g/mol. The second kappa shape index (κ2) is 8.97. The van der Waals surface area contributed by atoms with Crippen molar-refractivity contribution in [1.29, 1.82) is 0 Å². The van der Waals surface area contributed by atoms with Gasteiger partial charge in [0, 0.05) is 24.5 Å². The van der Waals surface area contributed by atoms with Crippen LogP contribution in [0.15, 0.2) is 36.4 Å².